The van der Waals surface area contributed by atoms with Crippen LogP contribution in [0.5, 0.6) is 0 Å². The zero-order valence-electron chi connectivity index (χ0n) is 9.95. The number of nitrogens with two attached hydrogens (primary N) is 1. The van der Waals surface area contributed by atoms with Gasteiger partial charge in [0.25, 0.3) is 0 Å². The molecule has 1 amide bonds. The predicted octanol–water partition coefficient (Wildman–Crippen LogP) is 0.492. The van der Waals surface area contributed by atoms with E-state index in [1.807, 2.05) is 0 Å². The van der Waals surface area contributed by atoms with Crippen LogP contribution in [0.1, 0.15) is 25.7 Å². The van der Waals surface area contributed by atoms with Crippen molar-refractivity contribution >= 4 is 5.91 Å². The van der Waals surface area contributed by atoms with Crippen LogP contribution in [0, 0.1) is 0 Å². The Labute approximate surface area is 97.9 Å². The monoisotopic (exact) mass is 225 g/mol. The molecule has 4 nitrogen and oxygen atoms in total. The quantitative estimate of drug-likeness (QED) is 0.490. The van der Waals surface area contributed by atoms with E-state index in [9.17, 15) is 4.79 Å². The maximum Gasteiger partial charge on any atom is 0.237 e. The van der Waals surface area contributed by atoms with Gasteiger partial charge in [-0.25, -0.2) is 0 Å². The topological polar surface area (TPSA) is 58.4 Å². The Morgan fingerprint density at radius 1 is 1.50 bits per heavy atom. The van der Waals surface area contributed by atoms with Gasteiger partial charge in [-0.05, 0) is 45.3 Å². The number of nitrogens with one attached hydrogen (secondary N) is 1. The number of rotatable bonds is 7. The molecule has 1 aliphatic rings. The standard InChI is InChI=1S/C12H23N3O/c1-2-6-11(13)12(16)14-7-5-10-15-8-3-4-9-15/h2,11H,1,3-10,13H2,(H,14,16). The molecule has 0 saturated carbocycles. The minimum atomic E-state index is -0.440. The Morgan fingerprint density at radius 3 is 2.81 bits per heavy atom. The summed E-state index contributed by atoms with van der Waals surface area (Å²) < 4.78 is 0. The van der Waals surface area contributed by atoms with Crippen molar-refractivity contribution in [3.8, 4) is 0 Å². The van der Waals surface area contributed by atoms with Gasteiger partial charge in [-0.1, -0.05) is 6.08 Å². The molecule has 1 heterocycles. The highest BCUT2D eigenvalue weighted by molar-refractivity contribution is 5.81. The molecule has 0 spiro atoms. The van der Waals surface area contributed by atoms with Crippen molar-refractivity contribution in [2.45, 2.75) is 31.7 Å². The molecule has 1 saturated heterocycles. The van der Waals surface area contributed by atoms with Gasteiger partial charge in [-0.3, -0.25) is 4.79 Å². The van der Waals surface area contributed by atoms with Crippen LogP contribution < -0.4 is 11.1 Å². The molecule has 16 heavy (non-hydrogen) atoms. The molecule has 0 aromatic carbocycles. The molecule has 1 unspecified atom stereocenters. The van der Waals surface area contributed by atoms with Crippen LogP contribution in [0.2, 0.25) is 0 Å². The Morgan fingerprint density at radius 2 is 2.19 bits per heavy atom. The van der Waals surface area contributed by atoms with Gasteiger partial charge >= 0.3 is 0 Å². The fourth-order valence-corrected chi connectivity index (χ4v) is 1.94. The number of hydrogen-bond donors (Lipinski definition) is 2. The molecular weight excluding hydrogens is 202 g/mol. The zero-order chi connectivity index (χ0) is 11.8. The van der Waals surface area contributed by atoms with E-state index in [0.717, 1.165) is 19.5 Å². The first-order valence-corrected chi connectivity index (χ1v) is 6.10. The van der Waals surface area contributed by atoms with Crippen LogP contribution in [-0.4, -0.2) is 43.0 Å². The van der Waals surface area contributed by atoms with Gasteiger partial charge in [-0.15, -0.1) is 6.58 Å². The van der Waals surface area contributed by atoms with Crippen LogP contribution in [0.25, 0.3) is 0 Å². The maximum atomic E-state index is 11.4. The van der Waals surface area contributed by atoms with Crippen LogP contribution >= 0.6 is 0 Å². The van der Waals surface area contributed by atoms with Crippen molar-refractivity contribution in [3.05, 3.63) is 12.7 Å². The molecule has 92 valence electrons. The van der Waals surface area contributed by atoms with Crippen molar-refractivity contribution in [1.82, 2.24) is 10.2 Å². The Bertz CT molecular complexity index is 224. The summed E-state index contributed by atoms with van der Waals surface area (Å²) >= 11 is 0. The third kappa shape index (κ3) is 4.77. The fraction of sp³-hybridized carbons (Fsp3) is 0.750. The third-order valence-corrected chi connectivity index (χ3v) is 2.91. The molecule has 0 bridgehead atoms. The Hall–Kier alpha value is -0.870. The molecule has 0 aliphatic carbocycles. The summed E-state index contributed by atoms with van der Waals surface area (Å²) in [6.07, 6.45) is 5.85. The van der Waals surface area contributed by atoms with Gasteiger partial charge in [0, 0.05) is 6.54 Å². The minimum Gasteiger partial charge on any atom is -0.355 e. The summed E-state index contributed by atoms with van der Waals surface area (Å²) in [5, 5.41) is 2.85. The van der Waals surface area contributed by atoms with Gasteiger partial charge in [0.15, 0.2) is 0 Å². The number of carbonyl (C=O) groups excluding carboxylic acids is 1. The number of nitrogens with zero attached hydrogens (tertiary/aromatic N) is 1. The van der Waals surface area contributed by atoms with Gasteiger partial charge in [0.1, 0.15) is 0 Å². The first-order valence-electron chi connectivity index (χ1n) is 6.10. The smallest absolute Gasteiger partial charge is 0.237 e. The summed E-state index contributed by atoms with van der Waals surface area (Å²) in [7, 11) is 0. The van der Waals surface area contributed by atoms with Gasteiger partial charge in [0.2, 0.25) is 5.91 Å². The molecule has 0 aromatic rings. The van der Waals surface area contributed by atoms with E-state index in [2.05, 4.69) is 16.8 Å². The predicted molar refractivity (Wildman–Crippen MR) is 66.1 cm³/mol. The molecule has 1 atom stereocenters. The Kier molecular flexibility index (Phi) is 6.11. The molecule has 0 aromatic heterocycles. The lowest BCUT2D eigenvalue weighted by atomic mass is 10.2. The van der Waals surface area contributed by atoms with Crippen molar-refractivity contribution in [2.75, 3.05) is 26.2 Å². The minimum absolute atomic E-state index is 0.0682. The van der Waals surface area contributed by atoms with E-state index in [-0.39, 0.29) is 5.91 Å². The number of hydrogen-bond acceptors (Lipinski definition) is 3. The molecular formula is C12H23N3O. The van der Waals surface area contributed by atoms with Gasteiger partial charge in [-0.2, -0.15) is 0 Å². The molecule has 1 aliphatic heterocycles. The van der Waals surface area contributed by atoms with Crippen molar-refractivity contribution in [2.24, 2.45) is 5.73 Å². The summed E-state index contributed by atoms with van der Waals surface area (Å²) in [4.78, 5) is 13.9. The Balaban J connectivity index is 2.01. The van der Waals surface area contributed by atoms with Gasteiger partial charge < -0.3 is 16.0 Å². The maximum absolute atomic E-state index is 11.4. The zero-order valence-corrected chi connectivity index (χ0v) is 9.95. The summed E-state index contributed by atoms with van der Waals surface area (Å²) in [6, 6.07) is -0.440. The average Bonchev–Trinajstić information content (AvgIpc) is 2.77. The van der Waals surface area contributed by atoms with Crippen LogP contribution in [0.15, 0.2) is 12.7 Å². The van der Waals surface area contributed by atoms with E-state index in [4.69, 9.17) is 5.73 Å². The highest BCUT2D eigenvalue weighted by Crippen LogP contribution is 2.06. The number of likely N-dealkylation sites (tertiary alicyclic amines) is 1. The lowest BCUT2D eigenvalue weighted by Gasteiger charge is -2.15. The first-order chi connectivity index (χ1) is 7.74. The van der Waals surface area contributed by atoms with Gasteiger partial charge in [0.05, 0.1) is 6.04 Å². The first kappa shape index (κ1) is 13.2. The van der Waals surface area contributed by atoms with E-state index in [0.29, 0.717) is 6.42 Å². The SMILES string of the molecule is C=CCC(N)C(=O)NCCCN1CCCC1. The molecule has 1 rings (SSSR count). The van der Waals surface area contributed by atoms with E-state index < -0.39 is 6.04 Å². The molecule has 4 heteroatoms. The lowest BCUT2D eigenvalue weighted by molar-refractivity contribution is -0.122. The molecule has 0 radical (unpaired) electrons. The second-order valence-electron chi connectivity index (χ2n) is 4.32. The van der Waals surface area contributed by atoms with Crippen molar-refractivity contribution in [1.29, 1.82) is 0 Å². The van der Waals surface area contributed by atoms with Crippen molar-refractivity contribution < 1.29 is 4.79 Å². The highest BCUT2D eigenvalue weighted by atomic mass is 16.2. The third-order valence-electron chi connectivity index (χ3n) is 2.91. The van der Waals surface area contributed by atoms with E-state index in [1.165, 1.54) is 25.9 Å². The normalized spacial score (nSPS) is 18.3. The largest absolute Gasteiger partial charge is 0.355 e. The fourth-order valence-electron chi connectivity index (χ4n) is 1.94. The van der Waals surface area contributed by atoms with Crippen LogP contribution in [-0.2, 0) is 4.79 Å². The summed E-state index contributed by atoms with van der Waals surface area (Å²) in [5.74, 6) is -0.0682. The number of amides is 1. The number of carbonyl (C=O) groups is 1. The molecule has 1 fully saturated rings. The average molecular weight is 225 g/mol. The van der Waals surface area contributed by atoms with Crippen LogP contribution in [0.3, 0.4) is 0 Å². The highest BCUT2D eigenvalue weighted by Gasteiger charge is 2.12. The second kappa shape index (κ2) is 7.41. The lowest BCUT2D eigenvalue weighted by Crippen LogP contribution is -2.41. The van der Waals surface area contributed by atoms with Crippen LogP contribution in [0.4, 0.5) is 0 Å². The molecule has 3 N–H and O–H groups in total. The van der Waals surface area contributed by atoms with E-state index >= 15 is 0 Å². The van der Waals surface area contributed by atoms with Crippen molar-refractivity contribution in [3.63, 3.8) is 0 Å². The van der Waals surface area contributed by atoms with E-state index in [1.54, 1.807) is 6.08 Å². The second-order valence-corrected chi connectivity index (χ2v) is 4.32. The summed E-state index contributed by atoms with van der Waals surface area (Å²) in [6.45, 7) is 7.79. The summed E-state index contributed by atoms with van der Waals surface area (Å²) in [5.41, 5.74) is 5.64.